The van der Waals surface area contributed by atoms with Crippen LogP contribution in [-0.2, 0) is 17.6 Å². The van der Waals surface area contributed by atoms with Gasteiger partial charge in [0.15, 0.2) is 0 Å². The number of hydrogen-bond acceptors (Lipinski definition) is 1. The van der Waals surface area contributed by atoms with Crippen molar-refractivity contribution in [1.29, 1.82) is 0 Å². The first-order valence-corrected chi connectivity index (χ1v) is 6.74. The minimum absolute atomic E-state index is 0.0597. The van der Waals surface area contributed by atoms with Gasteiger partial charge in [-0.3, -0.25) is 4.79 Å². The molecule has 1 atom stereocenters. The zero-order valence-corrected chi connectivity index (χ0v) is 11.8. The molecule has 0 saturated carbocycles. The minimum Gasteiger partial charge on any atom is -0.481 e. The van der Waals surface area contributed by atoms with Gasteiger partial charge in [0, 0.05) is 5.02 Å². The molecule has 2 aromatic rings. The quantitative estimate of drug-likeness (QED) is 0.902. The first-order valence-electron chi connectivity index (χ1n) is 6.37. The van der Waals surface area contributed by atoms with E-state index in [0.29, 0.717) is 5.02 Å². The first kappa shape index (κ1) is 15.4. The van der Waals surface area contributed by atoms with Gasteiger partial charge in [-0.25, -0.2) is 8.78 Å². The van der Waals surface area contributed by atoms with Crippen LogP contribution in [0.3, 0.4) is 0 Å². The van der Waals surface area contributed by atoms with Crippen LogP contribution < -0.4 is 0 Å². The van der Waals surface area contributed by atoms with Crippen LogP contribution in [-0.4, -0.2) is 11.1 Å². The SMILES string of the molecule is O=C(O)C(Cc1cccc(Cl)c1)Cc1cc(F)ccc1F. The number of carbonyl (C=O) groups is 1. The van der Waals surface area contributed by atoms with Crippen molar-refractivity contribution in [1.82, 2.24) is 0 Å². The van der Waals surface area contributed by atoms with Crippen LogP contribution in [0.2, 0.25) is 5.02 Å². The zero-order valence-electron chi connectivity index (χ0n) is 11.0. The van der Waals surface area contributed by atoms with Crippen molar-refractivity contribution in [3.05, 3.63) is 70.2 Å². The number of carboxylic acid groups (broad SMARTS) is 1. The van der Waals surface area contributed by atoms with E-state index in [1.165, 1.54) is 0 Å². The Morgan fingerprint density at radius 1 is 1.14 bits per heavy atom. The van der Waals surface area contributed by atoms with Crippen LogP contribution in [0.15, 0.2) is 42.5 Å². The van der Waals surface area contributed by atoms with Crippen LogP contribution >= 0.6 is 11.6 Å². The largest absolute Gasteiger partial charge is 0.481 e. The van der Waals surface area contributed by atoms with Gasteiger partial charge in [-0.05, 0) is 54.3 Å². The third-order valence-corrected chi connectivity index (χ3v) is 3.43. The van der Waals surface area contributed by atoms with Gasteiger partial charge in [-0.15, -0.1) is 0 Å². The Balaban J connectivity index is 2.20. The Hall–Kier alpha value is -1.94. The summed E-state index contributed by atoms with van der Waals surface area (Å²) in [5.41, 5.74) is 0.802. The smallest absolute Gasteiger partial charge is 0.307 e. The number of aliphatic carboxylic acids is 1. The van der Waals surface area contributed by atoms with Crippen LogP contribution in [0.1, 0.15) is 11.1 Å². The summed E-state index contributed by atoms with van der Waals surface area (Å²) in [4.78, 5) is 11.3. The fourth-order valence-corrected chi connectivity index (χ4v) is 2.37. The molecule has 21 heavy (non-hydrogen) atoms. The van der Waals surface area contributed by atoms with Gasteiger partial charge in [0.25, 0.3) is 0 Å². The lowest BCUT2D eigenvalue weighted by atomic mass is 9.92. The van der Waals surface area contributed by atoms with E-state index in [1.807, 2.05) is 0 Å². The van der Waals surface area contributed by atoms with Gasteiger partial charge < -0.3 is 5.11 Å². The average Bonchev–Trinajstić information content (AvgIpc) is 2.42. The van der Waals surface area contributed by atoms with Gasteiger partial charge in [-0.1, -0.05) is 23.7 Å². The highest BCUT2D eigenvalue weighted by Crippen LogP contribution is 2.20. The van der Waals surface area contributed by atoms with Gasteiger partial charge in [0.2, 0.25) is 0 Å². The van der Waals surface area contributed by atoms with Crippen LogP contribution in [0, 0.1) is 17.6 Å². The summed E-state index contributed by atoms with van der Waals surface area (Å²) in [6.07, 6.45) is 0.122. The fourth-order valence-electron chi connectivity index (χ4n) is 2.16. The van der Waals surface area contributed by atoms with E-state index in [9.17, 15) is 18.7 Å². The number of benzene rings is 2. The molecule has 0 aromatic heterocycles. The van der Waals surface area contributed by atoms with E-state index in [1.54, 1.807) is 24.3 Å². The Morgan fingerprint density at radius 3 is 2.57 bits per heavy atom. The van der Waals surface area contributed by atoms with Crippen molar-refractivity contribution < 1.29 is 18.7 Å². The Labute approximate surface area is 126 Å². The third-order valence-electron chi connectivity index (χ3n) is 3.19. The summed E-state index contributed by atoms with van der Waals surface area (Å²) in [5, 5.41) is 9.78. The lowest BCUT2D eigenvalue weighted by Crippen LogP contribution is -2.20. The molecule has 110 valence electrons. The van der Waals surface area contributed by atoms with Crippen molar-refractivity contribution in [3.63, 3.8) is 0 Å². The number of rotatable bonds is 5. The number of halogens is 3. The van der Waals surface area contributed by atoms with E-state index in [4.69, 9.17) is 11.6 Å². The van der Waals surface area contributed by atoms with Crippen LogP contribution in [0.25, 0.3) is 0 Å². The standard InChI is InChI=1S/C16H13ClF2O2/c17-13-3-1-2-10(7-13)6-12(16(20)21)8-11-9-14(18)4-5-15(11)19/h1-5,7,9,12H,6,8H2,(H,20,21). The highest BCUT2D eigenvalue weighted by atomic mass is 35.5. The molecule has 0 bridgehead atoms. The molecule has 0 heterocycles. The first-order chi connectivity index (χ1) is 9.95. The third kappa shape index (κ3) is 4.26. The van der Waals surface area contributed by atoms with Crippen LogP contribution in [0.4, 0.5) is 8.78 Å². The molecule has 0 amide bonds. The van der Waals surface area contributed by atoms with Crippen molar-refractivity contribution >= 4 is 17.6 Å². The zero-order chi connectivity index (χ0) is 15.4. The summed E-state index contributed by atoms with van der Waals surface area (Å²) in [5.74, 6) is -3.09. The summed E-state index contributed by atoms with van der Waals surface area (Å²) < 4.78 is 26.8. The maximum absolute atomic E-state index is 13.6. The fraction of sp³-hybridized carbons (Fsp3) is 0.188. The lowest BCUT2D eigenvalue weighted by Gasteiger charge is -2.13. The average molecular weight is 311 g/mol. The van der Waals surface area contributed by atoms with Gasteiger partial charge >= 0.3 is 5.97 Å². The Kier molecular flexibility index (Phi) is 4.91. The molecule has 0 aliphatic heterocycles. The number of hydrogen-bond donors (Lipinski definition) is 1. The normalized spacial score (nSPS) is 12.1. The van der Waals surface area contributed by atoms with E-state index in [-0.39, 0.29) is 18.4 Å². The molecule has 1 N–H and O–H groups in total. The van der Waals surface area contributed by atoms with Crippen molar-refractivity contribution in [3.8, 4) is 0 Å². The Bertz CT molecular complexity index is 658. The molecular formula is C16H13ClF2O2. The van der Waals surface area contributed by atoms with E-state index in [2.05, 4.69) is 0 Å². The topological polar surface area (TPSA) is 37.3 Å². The van der Waals surface area contributed by atoms with Gasteiger partial charge in [-0.2, -0.15) is 0 Å². The highest BCUT2D eigenvalue weighted by molar-refractivity contribution is 6.30. The molecule has 2 rings (SSSR count). The summed E-state index contributed by atoms with van der Waals surface area (Å²) in [7, 11) is 0. The van der Waals surface area contributed by atoms with Crippen molar-refractivity contribution in [2.45, 2.75) is 12.8 Å². The molecule has 0 fully saturated rings. The summed E-state index contributed by atoms with van der Waals surface area (Å²) >= 11 is 5.86. The molecule has 0 saturated heterocycles. The second kappa shape index (κ2) is 6.68. The predicted molar refractivity (Wildman–Crippen MR) is 76.3 cm³/mol. The Morgan fingerprint density at radius 2 is 1.90 bits per heavy atom. The monoisotopic (exact) mass is 310 g/mol. The number of carboxylic acids is 1. The molecule has 0 radical (unpaired) electrons. The molecule has 1 unspecified atom stereocenters. The predicted octanol–water partition coefficient (Wildman–Crippen LogP) is 4.10. The van der Waals surface area contributed by atoms with E-state index in [0.717, 1.165) is 23.8 Å². The second-order valence-electron chi connectivity index (χ2n) is 4.81. The molecule has 2 aromatic carbocycles. The summed E-state index contributed by atoms with van der Waals surface area (Å²) in [6.45, 7) is 0. The van der Waals surface area contributed by atoms with Crippen molar-refractivity contribution in [2.24, 2.45) is 5.92 Å². The lowest BCUT2D eigenvalue weighted by molar-refractivity contribution is -0.141. The van der Waals surface area contributed by atoms with Gasteiger partial charge in [0.1, 0.15) is 11.6 Å². The molecule has 0 aliphatic rings. The maximum Gasteiger partial charge on any atom is 0.307 e. The van der Waals surface area contributed by atoms with E-state index >= 15 is 0 Å². The van der Waals surface area contributed by atoms with E-state index < -0.39 is 23.5 Å². The highest BCUT2D eigenvalue weighted by Gasteiger charge is 2.20. The summed E-state index contributed by atoms with van der Waals surface area (Å²) in [6, 6.07) is 9.87. The maximum atomic E-state index is 13.6. The molecular weight excluding hydrogens is 298 g/mol. The second-order valence-corrected chi connectivity index (χ2v) is 5.25. The molecule has 0 spiro atoms. The van der Waals surface area contributed by atoms with Gasteiger partial charge in [0.05, 0.1) is 5.92 Å². The molecule has 0 aliphatic carbocycles. The van der Waals surface area contributed by atoms with Crippen molar-refractivity contribution in [2.75, 3.05) is 0 Å². The molecule has 2 nitrogen and oxygen atoms in total. The van der Waals surface area contributed by atoms with Crippen LogP contribution in [0.5, 0.6) is 0 Å². The minimum atomic E-state index is -1.06. The molecule has 5 heteroatoms.